The summed E-state index contributed by atoms with van der Waals surface area (Å²) in [6.45, 7) is 2.11. The van der Waals surface area contributed by atoms with Crippen molar-refractivity contribution in [3.05, 3.63) is 80.7 Å². The van der Waals surface area contributed by atoms with Gasteiger partial charge >= 0.3 is 11.4 Å². The smallest absolute Gasteiger partial charge is 0.246 e. The van der Waals surface area contributed by atoms with Crippen molar-refractivity contribution in [1.29, 1.82) is 0 Å². The first kappa shape index (κ1) is 13.7. The largest absolute Gasteiger partial charge is 0.347 e. The summed E-state index contributed by atoms with van der Waals surface area (Å²) in [5.74, 6) is 0. The van der Waals surface area contributed by atoms with E-state index in [1.165, 1.54) is 15.7 Å². The Morgan fingerprint density at radius 2 is 1.88 bits per heavy atom. The number of rotatable bonds is 0. The van der Waals surface area contributed by atoms with Crippen LogP contribution in [0, 0.1) is 5.41 Å². The zero-order valence-corrected chi connectivity index (χ0v) is 14.3. The second-order valence-corrected chi connectivity index (χ2v) is 8.07. The van der Waals surface area contributed by atoms with Crippen molar-refractivity contribution < 1.29 is 0 Å². The maximum atomic E-state index is 12.9. The number of nitrogens with zero attached hydrogens (tertiary/aromatic N) is 3. The maximum Gasteiger partial charge on any atom is 0.347 e. The number of fused-ring (bicyclic) bond motifs is 1. The van der Waals surface area contributed by atoms with Crippen molar-refractivity contribution in [3.63, 3.8) is 0 Å². The molecular formula is C20H19N3O2. The summed E-state index contributed by atoms with van der Waals surface area (Å²) in [4.78, 5) is 25.7. The average molecular weight is 333 g/mol. The monoisotopic (exact) mass is 333 g/mol. The van der Waals surface area contributed by atoms with Gasteiger partial charge in [-0.3, -0.25) is 0 Å². The van der Waals surface area contributed by atoms with Gasteiger partial charge < -0.3 is 0 Å². The number of benzene rings is 1. The summed E-state index contributed by atoms with van der Waals surface area (Å²) in [6, 6.07) is 8.49. The quantitative estimate of drug-likeness (QED) is 0.688. The van der Waals surface area contributed by atoms with Crippen molar-refractivity contribution in [2.45, 2.75) is 36.8 Å². The fraction of sp³-hybridized carbons (Fsp3) is 0.400. The zero-order chi connectivity index (χ0) is 17.2. The Bertz CT molecular complexity index is 1150. The molecule has 0 unspecified atom stereocenters. The van der Waals surface area contributed by atoms with Crippen LogP contribution in [-0.4, -0.2) is 13.9 Å². The van der Waals surface area contributed by atoms with E-state index in [9.17, 15) is 9.59 Å². The van der Waals surface area contributed by atoms with Crippen LogP contribution in [0.25, 0.3) is 0 Å². The highest BCUT2D eigenvalue weighted by Crippen LogP contribution is 2.72. The van der Waals surface area contributed by atoms with E-state index in [-0.39, 0.29) is 28.3 Å². The SMILES string of the molecule is Cn1c(=O)n2n(c1=O)[C@]1(C)C=C[C@@H]2[C@]23C=C[C@]12c1ccccc1CC3. The highest BCUT2D eigenvalue weighted by molar-refractivity contribution is 5.59. The summed E-state index contributed by atoms with van der Waals surface area (Å²) < 4.78 is 4.66. The zero-order valence-electron chi connectivity index (χ0n) is 14.3. The van der Waals surface area contributed by atoms with Gasteiger partial charge in [0.05, 0.1) is 17.0 Å². The molecule has 4 atom stereocenters. The topological polar surface area (TPSA) is 48.9 Å². The fourth-order valence-corrected chi connectivity index (χ4v) is 6.28. The van der Waals surface area contributed by atoms with Crippen molar-refractivity contribution in [3.8, 4) is 0 Å². The lowest BCUT2D eigenvalue weighted by molar-refractivity contribution is -0.0557. The van der Waals surface area contributed by atoms with Crippen LogP contribution in [0.4, 0.5) is 0 Å². The van der Waals surface area contributed by atoms with Crippen LogP contribution in [-0.2, 0) is 24.4 Å². The Morgan fingerprint density at radius 1 is 1.08 bits per heavy atom. The van der Waals surface area contributed by atoms with Gasteiger partial charge in [-0.2, -0.15) is 0 Å². The standard InChI is InChI=1S/C20H19N3O2/c1-18-9-8-15(22-16(24)21(2)17(25)23(18)22)19-10-7-13-5-3-4-6-14(13)20(18,19)12-11-19/h3-6,8-9,11-12,15H,7,10H2,1-2H3/t15-,18-,19+,20+/m1/s1. The minimum atomic E-state index is -0.579. The number of aryl methyl sites for hydroxylation is 1. The van der Waals surface area contributed by atoms with Crippen molar-refractivity contribution >= 4 is 0 Å². The van der Waals surface area contributed by atoms with E-state index < -0.39 is 5.54 Å². The Hall–Kier alpha value is -2.56. The number of allylic oxidation sites excluding steroid dienone is 4. The summed E-state index contributed by atoms with van der Waals surface area (Å²) in [6.07, 6.45) is 10.9. The van der Waals surface area contributed by atoms with Crippen LogP contribution in [0.15, 0.2) is 58.2 Å². The molecule has 0 spiro atoms. The lowest BCUT2D eigenvalue weighted by Crippen LogP contribution is -2.74. The Balaban J connectivity index is 1.82. The van der Waals surface area contributed by atoms with Gasteiger partial charge in [0, 0.05) is 12.5 Å². The molecule has 2 aliphatic heterocycles. The van der Waals surface area contributed by atoms with Crippen LogP contribution >= 0.6 is 0 Å². The minimum Gasteiger partial charge on any atom is -0.246 e. The van der Waals surface area contributed by atoms with Gasteiger partial charge in [-0.15, -0.1) is 0 Å². The molecule has 2 aromatic rings. The Kier molecular flexibility index (Phi) is 2.01. The molecule has 2 bridgehead atoms. The molecule has 0 amide bonds. The van der Waals surface area contributed by atoms with E-state index >= 15 is 0 Å². The summed E-state index contributed by atoms with van der Waals surface area (Å²) in [7, 11) is 1.58. The Labute approximate surface area is 144 Å². The van der Waals surface area contributed by atoms with Crippen LogP contribution in [0.1, 0.15) is 30.5 Å². The van der Waals surface area contributed by atoms with Gasteiger partial charge in [-0.05, 0) is 30.9 Å². The van der Waals surface area contributed by atoms with Crippen LogP contribution in [0.2, 0.25) is 0 Å². The van der Waals surface area contributed by atoms with Crippen molar-refractivity contribution in [2.24, 2.45) is 12.5 Å². The van der Waals surface area contributed by atoms with Crippen LogP contribution in [0.5, 0.6) is 0 Å². The molecule has 3 heterocycles. The predicted octanol–water partition coefficient (Wildman–Crippen LogP) is 1.63. The predicted molar refractivity (Wildman–Crippen MR) is 93.8 cm³/mol. The highest BCUT2D eigenvalue weighted by Gasteiger charge is 2.74. The van der Waals surface area contributed by atoms with Gasteiger partial charge in [0.1, 0.15) is 0 Å². The lowest BCUT2D eigenvalue weighted by atomic mass is 9.37. The molecule has 0 radical (unpaired) electrons. The third-order valence-corrected chi connectivity index (χ3v) is 7.41. The molecule has 1 aromatic carbocycles. The first-order valence-corrected chi connectivity index (χ1v) is 8.87. The molecule has 0 fully saturated rings. The fourth-order valence-electron chi connectivity index (χ4n) is 6.28. The first-order valence-electron chi connectivity index (χ1n) is 8.87. The van der Waals surface area contributed by atoms with Crippen molar-refractivity contribution in [1.82, 2.24) is 13.9 Å². The van der Waals surface area contributed by atoms with E-state index in [2.05, 4.69) is 55.5 Å². The molecule has 5 heteroatoms. The molecule has 0 saturated heterocycles. The summed E-state index contributed by atoms with van der Waals surface area (Å²) in [5, 5.41) is 0. The van der Waals surface area contributed by atoms with E-state index in [1.807, 2.05) is 0 Å². The average Bonchev–Trinajstić information content (AvgIpc) is 2.82. The van der Waals surface area contributed by atoms with Gasteiger partial charge in [-0.25, -0.2) is 23.5 Å². The molecule has 25 heavy (non-hydrogen) atoms. The van der Waals surface area contributed by atoms with E-state index in [4.69, 9.17) is 0 Å². The molecule has 5 nitrogen and oxygen atoms in total. The number of aromatic nitrogens is 3. The van der Waals surface area contributed by atoms with Gasteiger partial charge in [0.2, 0.25) is 0 Å². The Morgan fingerprint density at radius 3 is 2.64 bits per heavy atom. The normalized spacial score (nSPS) is 38.6. The molecule has 7 rings (SSSR count). The highest BCUT2D eigenvalue weighted by atomic mass is 16.2. The van der Waals surface area contributed by atoms with E-state index in [0.717, 1.165) is 12.8 Å². The summed E-state index contributed by atoms with van der Waals surface area (Å²) in [5.41, 5.74) is 1.28. The van der Waals surface area contributed by atoms with Gasteiger partial charge in [-0.1, -0.05) is 48.6 Å². The molecule has 5 aliphatic rings. The number of hydrogen-bond donors (Lipinski definition) is 0. The van der Waals surface area contributed by atoms with Crippen molar-refractivity contribution in [2.75, 3.05) is 0 Å². The first-order chi connectivity index (χ1) is 12.0. The maximum absolute atomic E-state index is 12.9. The second kappa shape index (κ2) is 3.66. The molecule has 0 N–H and O–H groups in total. The molecule has 0 saturated carbocycles. The van der Waals surface area contributed by atoms with E-state index in [1.54, 1.807) is 16.4 Å². The van der Waals surface area contributed by atoms with Gasteiger partial charge in [0.25, 0.3) is 0 Å². The van der Waals surface area contributed by atoms with Crippen LogP contribution in [0.3, 0.4) is 0 Å². The minimum absolute atomic E-state index is 0.103. The molecule has 3 aliphatic carbocycles. The third kappa shape index (κ3) is 1.06. The molecule has 1 aromatic heterocycles. The lowest BCUT2D eigenvalue weighted by Gasteiger charge is -2.71. The molecular weight excluding hydrogens is 314 g/mol. The van der Waals surface area contributed by atoms with Gasteiger partial charge in [0.15, 0.2) is 0 Å². The number of hydrogen-bond acceptors (Lipinski definition) is 2. The van der Waals surface area contributed by atoms with Crippen LogP contribution < -0.4 is 11.4 Å². The summed E-state index contributed by atoms with van der Waals surface area (Å²) >= 11 is 0. The third-order valence-electron chi connectivity index (χ3n) is 7.41. The van der Waals surface area contributed by atoms with E-state index in [0.29, 0.717) is 0 Å². The molecule has 126 valence electrons. The second-order valence-electron chi connectivity index (χ2n) is 8.07.